The monoisotopic (exact) mass is 495 g/mol. The summed E-state index contributed by atoms with van der Waals surface area (Å²) >= 11 is 12.5. The van der Waals surface area contributed by atoms with E-state index in [0.29, 0.717) is 32.8 Å². The third kappa shape index (κ3) is 4.76. The van der Waals surface area contributed by atoms with Gasteiger partial charge in [-0.05, 0) is 55.3 Å². The number of benzene rings is 3. The van der Waals surface area contributed by atoms with Gasteiger partial charge in [0.15, 0.2) is 0 Å². The molecule has 1 N–H and O–H groups in total. The fraction of sp³-hybridized carbons (Fsp3) is 0.148. The highest BCUT2D eigenvalue weighted by Gasteiger charge is 2.17. The van der Waals surface area contributed by atoms with Crippen molar-refractivity contribution in [1.82, 2.24) is 0 Å². The number of anilines is 1. The third-order valence-corrected chi connectivity index (χ3v) is 6.05. The summed E-state index contributed by atoms with van der Waals surface area (Å²) in [5.41, 5.74) is 5.36. The number of allylic oxidation sites excluding steroid dienone is 1. The molecule has 0 saturated carbocycles. The van der Waals surface area contributed by atoms with Gasteiger partial charge in [0.05, 0.1) is 31.2 Å². The van der Waals surface area contributed by atoms with Crippen LogP contribution in [-0.2, 0) is 4.79 Å². The van der Waals surface area contributed by atoms with Gasteiger partial charge in [0.25, 0.3) is 0 Å². The van der Waals surface area contributed by atoms with E-state index in [-0.39, 0.29) is 5.91 Å². The third-order valence-electron chi connectivity index (χ3n) is 5.50. The first-order valence-corrected chi connectivity index (χ1v) is 11.2. The summed E-state index contributed by atoms with van der Waals surface area (Å²) < 4.78 is 16.7. The number of furan rings is 1. The number of nitrogens with one attached hydrogen (secondary N) is 1. The predicted octanol–water partition coefficient (Wildman–Crippen LogP) is 7.77. The van der Waals surface area contributed by atoms with Crippen molar-refractivity contribution in [2.75, 3.05) is 19.5 Å². The van der Waals surface area contributed by atoms with Crippen LogP contribution in [0.5, 0.6) is 11.5 Å². The van der Waals surface area contributed by atoms with Gasteiger partial charge in [0.2, 0.25) is 5.91 Å². The van der Waals surface area contributed by atoms with Gasteiger partial charge >= 0.3 is 0 Å². The summed E-state index contributed by atoms with van der Waals surface area (Å²) in [6, 6.07) is 14.7. The molecule has 7 heteroatoms. The fourth-order valence-corrected chi connectivity index (χ4v) is 4.32. The summed E-state index contributed by atoms with van der Waals surface area (Å²) in [5, 5.41) is 4.81. The van der Waals surface area contributed by atoms with E-state index in [1.54, 1.807) is 38.7 Å². The van der Waals surface area contributed by atoms with Crippen LogP contribution in [0.15, 0.2) is 65.3 Å². The van der Waals surface area contributed by atoms with Gasteiger partial charge in [0, 0.05) is 39.2 Å². The van der Waals surface area contributed by atoms with Gasteiger partial charge in [-0.3, -0.25) is 4.79 Å². The largest absolute Gasteiger partial charge is 0.496 e. The van der Waals surface area contributed by atoms with E-state index in [9.17, 15) is 4.79 Å². The van der Waals surface area contributed by atoms with E-state index in [1.807, 2.05) is 44.2 Å². The molecule has 0 unspecified atom stereocenters. The average Bonchev–Trinajstić information content (AvgIpc) is 3.21. The van der Waals surface area contributed by atoms with Crippen molar-refractivity contribution in [2.24, 2.45) is 0 Å². The first-order chi connectivity index (χ1) is 16.3. The van der Waals surface area contributed by atoms with Crippen molar-refractivity contribution >= 4 is 51.3 Å². The van der Waals surface area contributed by atoms with Crippen LogP contribution in [0.1, 0.15) is 18.1 Å². The van der Waals surface area contributed by atoms with Crippen LogP contribution in [0.4, 0.5) is 5.69 Å². The van der Waals surface area contributed by atoms with Crippen molar-refractivity contribution in [1.29, 1.82) is 0 Å². The summed E-state index contributed by atoms with van der Waals surface area (Å²) in [5.74, 6) is 0.897. The lowest BCUT2D eigenvalue weighted by Crippen LogP contribution is -2.10. The van der Waals surface area contributed by atoms with Gasteiger partial charge in [-0.1, -0.05) is 35.3 Å². The Morgan fingerprint density at radius 3 is 2.44 bits per heavy atom. The summed E-state index contributed by atoms with van der Waals surface area (Å²) in [7, 11) is 3.15. The lowest BCUT2D eigenvalue weighted by Gasteiger charge is -2.12. The fourth-order valence-electron chi connectivity index (χ4n) is 3.81. The number of carbonyl (C=O) groups excluding carboxylic acids is 1. The normalized spacial score (nSPS) is 11.5. The smallest absolute Gasteiger partial charge is 0.248 e. The van der Waals surface area contributed by atoms with E-state index < -0.39 is 0 Å². The van der Waals surface area contributed by atoms with Crippen LogP contribution >= 0.6 is 23.2 Å². The van der Waals surface area contributed by atoms with Gasteiger partial charge in [0.1, 0.15) is 17.1 Å². The highest BCUT2D eigenvalue weighted by atomic mass is 35.5. The molecule has 174 valence electrons. The van der Waals surface area contributed by atoms with Crippen LogP contribution in [-0.4, -0.2) is 20.1 Å². The van der Waals surface area contributed by atoms with E-state index in [1.165, 1.54) is 6.08 Å². The number of ether oxygens (including phenoxy) is 2. The Bertz CT molecular complexity index is 1420. The molecule has 5 nitrogen and oxygen atoms in total. The summed E-state index contributed by atoms with van der Waals surface area (Å²) in [6.07, 6.45) is 3.18. The molecule has 1 aromatic heterocycles. The van der Waals surface area contributed by atoms with Crippen LogP contribution in [0.3, 0.4) is 0 Å². The molecule has 0 aliphatic carbocycles. The minimum Gasteiger partial charge on any atom is -0.496 e. The number of fused-ring (bicyclic) bond motifs is 1. The zero-order chi connectivity index (χ0) is 24.4. The van der Waals surface area contributed by atoms with E-state index in [0.717, 1.165) is 33.2 Å². The van der Waals surface area contributed by atoms with Crippen molar-refractivity contribution in [3.63, 3.8) is 0 Å². The maximum Gasteiger partial charge on any atom is 0.248 e. The maximum atomic E-state index is 12.8. The van der Waals surface area contributed by atoms with Crippen LogP contribution in [0.2, 0.25) is 10.0 Å². The molecule has 0 radical (unpaired) electrons. The molecule has 0 bridgehead atoms. The number of amides is 1. The number of carbonyl (C=O) groups is 1. The Morgan fingerprint density at radius 2 is 1.74 bits per heavy atom. The molecule has 0 fully saturated rings. The van der Waals surface area contributed by atoms with E-state index in [2.05, 4.69) is 5.32 Å². The lowest BCUT2D eigenvalue weighted by molar-refractivity contribution is -0.111. The molecule has 3 aromatic carbocycles. The molecule has 0 atom stereocenters. The molecular formula is C27H23Cl2NO4. The van der Waals surface area contributed by atoms with Crippen LogP contribution in [0.25, 0.3) is 27.7 Å². The molecule has 34 heavy (non-hydrogen) atoms. The Labute approximate surface area is 207 Å². The number of rotatable bonds is 6. The van der Waals surface area contributed by atoms with Crippen LogP contribution < -0.4 is 14.8 Å². The minimum absolute atomic E-state index is 0.281. The Morgan fingerprint density at radius 1 is 0.971 bits per heavy atom. The second kappa shape index (κ2) is 9.84. The molecule has 1 amide bonds. The van der Waals surface area contributed by atoms with Crippen molar-refractivity contribution < 1.29 is 18.7 Å². The molecule has 4 rings (SSSR count). The van der Waals surface area contributed by atoms with Gasteiger partial charge in [-0.2, -0.15) is 0 Å². The second-order valence-electron chi connectivity index (χ2n) is 7.84. The minimum atomic E-state index is -0.281. The number of hydrogen-bond donors (Lipinski definition) is 1. The molecule has 0 spiro atoms. The van der Waals surface area contributed by atoms with Crippen molar-refractivity contribution in [3.8, 4) is 22.6 Å². The Hall–Kier alpha value is -3.41. The molecule has 0 saturated heterocycles. The number of halogens is 2. The SMILES string of the molecule is COc1ccc(C)cc1NC(=O)/C=C(\C)c1cc2c(-c3ccc(Cl)cc3Cl)coc2cc1OC. The first kappa shape index (κ1) is 23.7. The quantitative estimate of drug-likeness (QED) is 0.277. The first-order valence-electron chi connectivity index (χ1n) is 10.5. The predicted molar refractivity (Wildman–Crippen MR) is 138 cm³/mol. The highest BCUT2D eigenvalue weighted by molar-refractivity contribution is 6.36. The molecular weight excluding hydrogens is 473 g/mol. The zero-order valence-corrected chi connectivity index (χ0v) is 20.7. The topological polar surface area (TPSA) is 60.7 Å². The van der Waals surface area contributed by atoms with E-state index in [4.69, 9.17) is 37.1 Å². The van der Waals surface area contributed by atoms with Crippen LogP contribution in [0, 0.1) is 6.92 Å². The molecule has 4 aromatic rings. The van der Waals surface area contributed by atoms with Gasteiger partial charge in [-0.25, -0.2) is 0 Å². The van der Waals surface area contributed by atoms with Crippen molar-refractivity contribution in [3.05, 3.63) is 82.0 Å². The van der Waals surface area contributed by atoms with E-state index >= 15 is 0 Å². The number of methoxy groups -OCH3 is 2. The Kier molecular flexibility index (Phi) is 6.87. The lowest BCUT2D eigenvalue weighted by atomic mass is 9.99. The molecule has 0 aliphatic heterocycles. The zero-order valence-electron chi connectivity index (χ0n) is 19.2. The Balaban J connectivity index is 1.73. The maximum absolute atomic E-state index is 12.8. The van der Waals surface area contributed by atoms with Crippen molar-refractivity contribution in [2.45, 2.75) is 13.8 Å². The van der Waals surface area contributed by atoms with Gasteiger partial charge in [-0.15, -0.1) is 0 Å². The average molecular weight is 496 g/mol. The number of hydrogen-bond acceptors (Lipinski definition) is 4. The van der Waals surface area contributed by atoms with Gasteiger partial charge < -0.3 is 19.2 Å². The molecule has 0 aliphatic rings. The summed E-state index contributed by atoms with van der Waals surface area (Å²) in [6.45, 7) is 3.80. The number of aryl methyl sites for hydroxylation is 1. The molecule has 1 heterocycles. The second-order valence-corrected chi connectivity index (χ2v) is 8.69. The summed E-state index contributed by atoms with van der Waals surface area (Å²) in [4.78, 5) is 12.8. The standard InChI is InChI=1S/C27H23Cl2NO4/c1-15-5-8-24(32-3)23(9-15)30-27(31)10-16(2)19-12-20-21(14-34-26(20)13-25(19)33-4)18-7-6-17(28)11-22(18)29/h5-14H,1-4H3,(H,30,31)/b16-10+. The highest BCUT2D eigenvalue weighted by Crippen LogP contribution is 2.40.